The zero-order valence-corrected chi connectivity index (χ0v) is 15.0. The van der Waals surface area contributed by atoms with Crippen molar-refractivity contribution >= 4 is 45.9 Å². The van der Waals surface area contributed by atoms with Crippen LogP contribution in [0.3, 0.4) is 0 Å². The SMILES string of the molecule is CN=C(NCc1cc(Br)ccc1OC)NC1CC1.I. The normalized spacial score (nSPS) is 14.6. The van der Waals surface area contributed by atoms with Crippen molar-refractivity contribution in [2.45, 2.75) is 25.4 Å². The summed E-state index contributed by atoms with van der Waals surface area (Å²) in [4.78, 5) is 4.20. The Morgan fingerprint density at radius 3 is 2.79 bits per heavy atom. The average Bonchev–Trinajstić information content (AvgIpc) is 3.18. The van der Waals surface area contributed by atoms with Crippen LogP contribution in [0, 0.1) is 0 Å². The standard InChI is InChI=1S/C13H18BrN3O.HI/c1-15-13(17-11-4-5-11)16-8-9-7-10(14)3-6-12(9)18-2;/h3,6-7,11H,4-5,8H2,1-2H3,(H2,15,16,17);1H. The summed E-state index contributed by atoms with van der Waals surface area (Å²) in [6, 6.07) is 6.58. The molecule has 0 aliphatic heterocycles. The Balaban J connectivity index is 0.00000180. The predicted molar refractivity (Wildman–Crippen MR) is 92.5 cm³/mol. The van der Waals surface area contributed by atoms with Crippen LogP contribution in [0.5, 0.6) is 5.75 Å². The third kappa shape index (κ3) is 5.18. The van der Waals surface area contributed by atoms with Gasteiger partial charge in [-0.15, -0.1) is 24.0 Å². The molecule has 1 aliphatic carbocycles. The van der Waals surface area contributed by atoms with E-state index in [2.05, 4.69) is 37.6 Å². The second-order valence-electron chi connectivity index (χ2n) is 4.30. The number of halogens is 2. The topological polar surface area (TPSA) is 45.7 Å². The third-order valence-electron chi connectivity index (χ3n) is 2.83. The molecule has 0 saturated heterocycles. The molecule has 0 bridgehead atoms. The predicted octanol–water partition coefficient (Wildman–Crippen LogP) is 2.90. The molecule has 0 atom stereocenters. The molecule has 0 aromatic heterocycles. The summed E-state index contributed by atoms with van der Waals surface area (Å²) >= 11 is 3.47. The number of hydrogen-bond donors (Lipinski definition) is 2. The van der Waals surface area contributed by atoms with Crippen LogP contribution in [0.2, 0.25) is 0 Å². The Labute approximate surface area is 139 Å². The van der Waals surface area contributed by atoms with Crippen LogP contribution < -0.4 is 15.4 Å². The first-order valence-electron chi connectivity index (χ1n) is 6.02. The van der Waals surface area contributed by atoms with Crippen molar-refractivity contribution in [3.63, 3.8) is 0 Å². The van der Waals surface area contributed by atoms with Crippen molar-refractivity contribution in [2.24, 2.45) is 4.99 Å². The smallest absolute Gasteiger partial charge is 0.191 e. The van der Waals surface area contributed by atoms with Crippen LogP contribution in [0.15, 0.2) is 27.7 Å². The van der Waals surface area contributed by atoms with E-state index in [1.165, 1.54) is 12.8 Å². The Hall–Kier alpha value is -0.500. The van der Waals surface area contributed by atoms with Crippen molar-refractivity contribution in [1.82, 2.24) is 10.6 Å². The van der Waals surface area contributed by atoms with Gasteiger partial charge in [0.2, 0.25) is 0 Å². The van der Waals surface area contributed by atoms with Gasteiger partial charge in [0.1, 0.15) is 5.75 Å². The van der Waals surface area contributed by atoms with Crippen LogP contribution in [-0.2, 0) is 6.54 Å². The fourth-order valence-corrected chi connectivity index (χ4v) is 2.09. The summed E-state index contributed by atoms with van der Waals surface area (Å²) in [6.45, 7) is 0.689. The number of nitrogens with one attached hydrogen (secondary N) is 2. The largest absolute Gasteiger partial charge is 0.496 e. The highest BCUT2D eigenvalue weighted by Gasteiger charge is 2.22. The Morgan fingerprint density at radius 1 is 1.47 bits per heavy atom. The zero-order chi connectivity index (χ0) is 13.0. The molecule has 4 nitrogen and oxygen atoms in total. The van der Waals surface area contributed by atoms with Crippen LogP contribution in [0.1, 0.15) is 18.4 Å². The number of rotatable bonds is 4. The van der Waals surface area contributed by atoms with Crippen LogP contribution >= 0.6 is 39.9 Å². The van der Waals surface area contributed by atoms with E-state index in [1.807, 2.05) is 12.1 Å². The van der Waals surface area contributed by atoms with Gasteiger partial charge < -0.3 is 15.4 Å². The number of ether oxygens (including phenoxy) is 1. The molecule has 1 aliphatic rings. The van der Waals surface area contributed by atoms with Crippen molar-refractivity contribution in [2.75, 3.05) is 14.2 Å². The maximum Gasteiger partial charge on any atom is 0.191 e. The van der Waals surface area contributed by atoms with Crippen molar-refractivity contribution in [3.05, 3.63) is 28.2 Å². The summed E-state index contributed by atoms with van der Waals surface area (Å²) in [5, 5.41) is 6.65. The van der Waals surface area contributed by atoms with Crippen molar-refractivity contribution in [3.8, 4) is 5.75 Å². The zero-order valence-electron chi connectivity index (χ0n) is 11.1. The summed E-state index contributed by atoms with van der Waals surface area (Å²) in [6.07, 6.45) is 2.47. The van der Waals surface area contributed by atoms with E-state index in [0.29, 0.717) is 12.6 Å². The monoisotopic (exact) mass is 439 g/mol. The summed E-state index contributed by atoms with van der Waals surface area (Å²) in [7, 11) is 3.47. The summed E-state index contributed by atoms with van der Waals surface area (Å²) in [5.74, 6) is 1.73. The molecule has 1 aromatic rings. The number of guanidine groups is 1. The molecule has 0 heterocycles. The van der Waals surface area contributed by atoms with E-state index in [-0.39, 0.29) is 24.0 Å². The molecule has 2 rings (SSSR count). The number of methoxy groups -OCH3 is 1. The minimum absolute atomic E-state index is 0. The molecule has 19 heavy (non-hydrogen) atoms. The molecule has 6 heteroatoms. The second kappa shape index (κ2) is 7.94. The summed E-state index contributed by atoms with van der Waals surface area (Å²) in [5.41, 5.74) is 1.10. The molecule has 1 fully saturated rings. The van der Waals surface area contributed by atoms with Crippen molar-refractivity contribution in [1.29, 1.82) is 0 Å². The van der Waals surface area contributed by atoms with Gasteiger partial charge >= 0.3 is 0 Å². The Kier molecular flexibility index (Phi) is 6.92. The van der Waals surface area contributed by atoms with Gasteiger partial charge in [0, 0.05) is 29.7 Å². The second-order valence-corrected chi connectivity index (χ2v) is 5.22. The van der Waals surface area contributed by atoms with E-state index < -0.39 is 0 Å². The fourth-order valence-electron chi connectivity index (χ4n) is 1.68. The van der Waals surface area contributed by atoms with Gasteiger partial charge in [0.25, 0.3) is 0 Å². The first-order valence-corrected chi connectivity index (χ1v) is 6.82. The van der Waals surface area contributed by atoms with E-state index in [4.69, 9.17) is 4.74 Å². The summed E-state index contributed by atoms with van der Waals surface area (Å²) < 4.78 is 6.39. The fraction of sp³-hybridized carbons (Fsp3) is 0.462. The molecule has 1 saturated carbocycles. The van der Waals surface area contributed by atoms with Gasteiger partial charge in [0.05, 0.1) is 7.11 Å². The number of aliphatic imine (C=N–C) groups is 1. The van der Waals surface area contributed by atoms with E-state index >= 15 is 0 Å². The minimum atomic E-state index is 0. The lowest BCUT2D eigenvalue weighted by Gasteiger charge is -2.13. The molecular weight excluding hydrogens is 421 g/mol. The number of hydrogen-bond acceptors (Lipinski definition) is 2. The van der Waals surface area contributed by atoms with Gasteiger partial charge in [-0.3, -0.25) is 4.99 Å². The van der Waals surface area contributed by atoms with Gasteiger partial charge in [-0.05, 0) is 31.0 Å². The van der Waals surface area contributed by atoms with Crippen LogP contribution in [0.4, 0.5) is 0 Å². The Morgan fingerprint density at radius 2 is 2.21 bits per heavy atom. The van der Waals surface area contributed by atoms with Gasteiger partial charge in [0.15, 0.2) is 5.96 Å². The third-order valence-corrected chi connectivity index (χ3v) is 3.32. The maximum atomic E-state index is 5.34. The molecule has 0 unspecified atom stereocenters. The van der Waals surface area contributed by atoms with Gasteiger partial charge in [-0.25, -0.2) is 0 Å². The lowest BCUT2D eigenvalue weighted by atomic mass is 10.2. The van der Waals surface area contributed by atoms with Crippen LogP contribution in [-0.4, -0.2) is 26.2 Å². The van der Waals surface area contributed by atoms with Crippen LogP contribution in [0.25, 0.3) is 0 Å². The van der Waals surface area contributed by atoms with E-state index in [9.17, 15) is 0 Å². The molecular formula is C13H19BrIN3O. The lowest BCUT2D eigenvalue weighted by molar-refractivity contribution is 0.409. The first kappa shape index (κ1) is 16.6. The number of nitrogens with zero attached hydrogens (tertiary/aromatic N) is 1. The van der Waals surface area contributed by atoms with E-state index in [0.717, 1.165) is 21.7 Å². The highest BCUT2D eigenvalue weighted by molar-refractivity contribution is 14.0. The molecule has 0 radical (unpaired) electrons. The highest BCUT2D eigenvalue weighted by Crippen LogP contribution is 2.23. The molecule has 0 spiro atoms. The number of benzene rings is 1. The van der Waals surface area contributed by atoms with Gasteiger partial charge in [-0.1, -0.05) is 15.9 Å². The Bertz CT molecular complexity index is 450. The molecule has 2 N–H and O–H groups in total. The molecule has 0 amide bonds. The average molecular weight is 440 g/mol. The minimum Gasteiger partial charge on any atom is -0.496 e. The molecule has 1 aromatic carbocycles. The highest BCUT2D eigenvalue weighted by atomic mass is 127. The lowest BCUT2D eigenvalue weighted by Crippen LogP contribution is -2.38. The molecule has 106 valence electrons. The first-order chi connectivity index (χ1) is 8.72. The van der Waals surface area contributed by atoms with Gasteiger partial charge in [-0.2, -0.15) is 0 Å². The van der Waals surface area contributed by atoms with Crippen molar-refractivity contribution < 1.29 is 4.74 Å². The quantitative estimate of drug-likeness (QED) is 0.430. The maximum absolute atomic E-state index is 5.34. The van der Waals surface area contributed by atoms with E-state index in [1.54, 1.807) is 14.2 Å².